The first-order valence-corrected chi connectivity index (χ1v) is 11.4. The molecule has 0 fully saturated rings. The summed E-state index contributed by atoms with van der Waals surface area (Å²) in [4.78, 5) is 33.2. The molecule has 4 rings (SSSR count). The van der Waals surface area contributed by atoms with Gasteiger partial charge in [0.2, 0.25) is 0 Å². The molecular formula is C26H28BFN2O5. The first-order valence-electron chi connectivity index (χ1n) is 11.4. The van der Waals surface area contributed by atoms with E-state index in [1.54, 1.807) is 53.7 Å². The molecule has 2 heterocycles. The molecule has 2 aromatic heterocycles. The number of ether oxygens (including phenoxy) is 2. The van der Waals surface area contributed by atoms with Crippen LogP contribution in [0.1, 0.15) is 47.4 Å². The van der Waals surface area contributed by atoms with E-state index < -0.39 is 29.7 Å². The van der Waals surface area contributed by atoms with Crippen LogP contribution in [-0.2, 0) is 15.8 Å². The van der Waals surface area contributed by atoms with Crippen LogP contribution >= 0.6 is 0 Å². The molecule has 0 saturated carbocycles. The van der Waals surface area contributed by atoms with E-state index in [4.69, 9.17) is 13.9 Å². The van der Waals surface area contributed by atoms with E-state index in [1.165, 1.54) is 12.1 Å². The van der Waals surface area contributed by atoms with Crippen LogP contribution in [0.25, 0.3) is 33.1 Å². The van der Waals surface area contributed by atoms with Crippen molar-refractivity contribution >= 4 is 40.5 Å². The van der Waals surface area contributed by atoms with Gasteiger partial charge >= 0.3 is 6.71 Å². The van der Waals surface area contributed by atoms with Gasteiger partial charge in [0.1, 0.15) is 22.5 Å². The van der Waals surface area contributed by atoms with Crippen molar-refractivity contribution in [1.82, 2.24) is 9.97 Å². The lowest BCUT2D eigenvalue weighted by atomic mass is 9.47. The summed E-state index contributed by atoms with van der Waals surface area (Å²) in [6.45, 7) is 9.18. The van der Waals surface area contributed by atoms with Crippen LogP contribution in [0.4, 0.5) is 14.0 Å². The van der Waals surface area contributed by atoms with Crippen molar-refractivity contribution < 1.29 is 27.9 Å². The number of hydrogen-bond donors (Lipinski definition) is 1. The molecule has 0 radical (unpaired) electrons. The quantitative estimate of drug-likeness (QED) is 0.320. The summed E-state index contributed by atoms with van der Waals surface area (Å²) in [7, 11) is 0. The van der Waals surface area contributed by atoms with Crippen molar-refractivity contribution in [3.05, 3.63) is 54.3 Å². The molecular weight excluding hydrogens is 450 g/mol. The zero-order chi connectivity index (χ0) is 25.5. The SMILES string of the molecule is CC(C)(C)OC(=O)B(Cc1nc2ccc(-c3c[nH]c4cc(F)ccc34)cc2o1)C(=O)OC(C)(C)C. The number of aromatic nitrogens is 2. The van der Waals surface area contributed by atoms with E-state index >= 15 is 0 Å². The van der Waals surface area contributed by atoms with Crippen molar-refractivity contribution in [2.24, 2.45) is 0 Å². The molecule has 0 amide bonds. The van der Waals surface area contributed by atoms with Crippen molar-refractivity contribution in [3.63, 3.8) is 0 Å². The number of fused-ring (bicyclic) bond motifs is 2. The van der Waals surface area contributed by atoms with Crippen molar-refractivity contribution in [1.29, 1.82) is 0 Å². The highest BCUT2D eigenvalue weighted by Gasteiger charge is 2.41. The highest BCUT2D eigenvalue weighted by atomic mass is 19.1. The Morgan fingerprint density at radius 3 is 2.29 bits per heavy atom. The fourth-order valence-electron chi connectivity index (χ4n) is 3.75. The number of benzene rings is 2. The number of oxazole rings is 1. The van der Waals surface area contributed by atoms with Crippen LogP contribution < -0.4 is 0 Å². The smallest absolute Gasteiger partial charge is 0.417 e. The lowest BCUT2D eigenvalue weighted by molar-refractivity contribution is 0.0641. The molecule has 0 aliphatic heterocycles. The molecule has 1 N–H and O–H groups in total. The van der Waals surface area contributed by atoms with Crippen LogP contribution in [0.2, 0.25) is 0 Å². The average Bonchev–Trinajstić information content (AvgIpc) is 3.31. The van der Waals surface area contributed by atoms with Gasteiger partial charge in [0.05, 0.1) is 0 Å². The lowest BCUT2D eigenvalue weighted by Crippen LogP contribution is -2.44. The second-order valence-corrected chi connectivity index (χ2v) is 10.5. The summed E-state index contributed by atoms with van der Waals surface area (Å²) in [5.41, 5.74) is 1.99. The van der Waals surface area contributed by atoms with Gasteiger partial charge < -0.3 is 18.9 Å². The molecule has 0 aliphatic rings. The predicted octanol–water partition coefficient (Wildman–Crippen LogP) is 6.73. The van der Waals surface area contributed by atoms with E-state index in [0.29, 0.717) is 16.6 Å². The maximum atomic E-state index is 13.5. The van der Waals surface area contributed by atoms with Crippen LogP contribution in [0, 0.1) is 5.82 Å². The molecule has 0 aliphatic carbocycles. The Bertz CT molecular complexity index is 1380. The summed E-state index contributed by atoms with van der Waals surface area (Å²) in [6, 6.07) is 10.1. The Kier molecular flexibility index (Phi) is 6.21. The number of nitrogens with one attached hydrogen (secondary N) is 1. The van der Waals surface area contributed by atoms with Gasteiger partial charge in [-0.25, -0.2) is 9.37 Å². The molecule has 0 saturated heterocycles. The molecule has 4 aromatic rings. The highest BCUT2D eigenvalue weighted by Crippen LogP contribution is 2.31. The second kappa shape index (κ2) is 8.87. The number of nitrogens with zero attached hydrogens (tertiary/aromatic N) is 1. The number of rotatable bonds is 5. The summed E-state index contributed by atoms with van der Waals surface area (Å²) >= 11 is 0. The maximum absolute atomic E-state index is 13.5. The third kappa shape index (κ3) is 5.73. The first-order chi connectivity index (χ1) is 16.3. The molecule has 0 spiro atoms. The summed E-state index contributed by atoms with van der Waals surface area (Å²) in [5, 5.41) is 0.875. The standard InChI is InChI=1S/C26H28BFN2O5/c1-25(2,3)34-23(31)27(24(32)35-26(4,5)6)13-22-30-19-10-7-15(11-21(19)33-22)18-14-29-20-12-16(28)8-9-17(18)20/h7-12,14,29H,13H2,1-6H3. The van der Waals surface area contributed by atoms with Gasteiger partial charge in [0.15, 0.2) is 11.5 Å². The molecule has 9 heteroatoms. The van der Waals surface area contributed by atoms with E-state index in [0.717, 1.165) is 16.5 Å². The van der Waals surface area contributed by atoms with E-state index in [-0.39, 0.29) is 18.0 Å². The van der Waals surface area contributed by atoms with Gasteiger partial charge in [-0.2, -0.15) is 0 Å². The Morgan fingerprint density at radius 1 is 1.00 bits per heavy atom. The summed E-state index contributed by atoms with van der Waals surface area (Å²) < 4.78 is 30.4. The number of carbonyl (C=O) groups excluding carboxylic acids is 2. The van der Waals surface area contributed by atoms with Gasteiger partial charge in [0.25, 0.3) is 11.7 Å². The van der Waals surface area contributed by atoms with Crippen molar-refractivity contribution in [3.8, 4) is 11.1 Å². The molecule has 0 atom stereocenters. The van der Waals surface area contributed by atoms with E-state index in [2.05, 4.69) is 9.97 Å². The van der Waals surface area contributed by atoms with Crippen LogP contribution in [0.5, 0.6) is 0 Å². The lowest BCUT2D eigenvalue weighted by Gasteiger charge is -2.24. The molecule has 35 heavy (non-hydrogen) atoms. The molecule has 0 unspecified atom stereocenters. The number of carbonyl (C=O) groups is 2. The van der Waals surface area contributed by atoms with Gasteiger partial charge in [-0.1, -0.05) is 6.07 Å². The number of halogens is 1. The van der Waals surface area contributed by atoms with Crippen LogP contribution in [0.15, 0.2) is 47.0 Å². The Labute approximate surface area is 203 Å². The minimum absolute atomic E-state index is 0.0970. The van der Waals surface area contributed by atoms with Gasteiger partial charge in [-0.3, -0.25) is 9.59 Å². The molecule has 0 bridgehead atoms. The topological polar surface area (TPSA) is 94.4 Å². The number of H-pyrrole nitrogens is 1. The largest absolute Gasteiger partial charge is 0.467 e. The highest BCUT2D eigenvalue weighted by molar-refractivity contribution is 7.08. The Morgan fingerprint density at radius 2 is 1.66 bits per heavy atom. The summed E-state index contributed by atoms with van der Waals surface area (Å²) in [6.07, 6.45) is 1.71. The Balaban J connectivity index is 1.64. The van der Waals surface area contributed by atoms with E-state index in [1.807, 2.05) is 18.3 Å². The molecule has 182 valence electrons. The monoisotopic (exact) mass is 478 g/mol. The third-order valence-electron chi connectivity index (χ3n) is 5.15. The zero-order valence-corrected chi connectivity index (χ0v) is 20.7. The third-order valence-corrected chi connectivity index (χ3v) is 5.15. The van der Waals surface area contributed by atoms with Gasteiger partial charge in [-0.05, 0) is 77.4 Å². The van der Waals surface area contributed by atoms with Crippen molar-refractivity contribution in [2.45, 2.75) is 59.1 Å². The zero-order valence-electron chi connectivity index (χ0n) is 20.7. The minimum Gasteiger partial charge on any atom is -0.467 e. The number of hydrogen-bond acceptors (Lipinski definition) is 6. The molecule has 2 aromatic carbocycles. The first kappa shape index (κ1) is 24.5. The minimum atomic E-state index is -1.22. The fourth-order valence-corrected chi connectivity index (χ4v) is 3.75. The average molecular weight is 478 g/mol. The molecule has 7 nitrogen and oxygen atoms in total. The predicted molar refractivity (Wildman–Crippen MR) is 133 cm³/mol. The Hall–Kier alpha value is -3.62. The van der Waals surface area contributed by atoms with E-state index in [9.17, 15) is 14.0 Å². The normalized spacial score (nSPS) is 12.2. The second-order valence-electron chi connectivity index (χ2n) is 10.5. The van der Waals surface area contributed by atoms with Crippen molar-refractivity contribution in [2.75, 3.05) is 0 Å². The van der Waals surface area contributed by atoms with Crippen LogP contribution in [-0.4, -0.2) is 39.6 Å². The summed E-state index contributed by atoms with van der Waals surface area (Å²) in [5.74, 6) is -1.48. The van der Waals surface area contributed by atoms with Gasteiger partial charge in [-0.15, -0.1) is 0 Å². The fraction of sp³-hybridized carbons (Fsp3) is 0.346. The maximum Gasteiger partial charge on any atom is 0.417 e. The van der Waals surface area contributed by atoms with Gasteiger partial charge in [0, 0.05) is 29.0 Å². The number of aromatic amines is 1. The van der Waals surface area contributed by atoms with Crippen LogP contribution in [0.3, 0.4) is 0 Å².